The van der Waals surface area contributed by atoms with Gasteiger partial charge in [-0.25, -0.2) is 9.18 Å². The number of anilines is 1. The lowest BCUT2D eigenvalue weighted by molar-refractivity contribution is 0.0811. The first kappa shape index (κ1) is 15.1. The van der Waals surface area contributed by atoms with E-state index in [4.69, 9.17) is 11.6 Å². The lowest BCUT2D eigenvalue weighted by Crippen LogP contribution is -2.51. The molecule has 1 fully saturated rings. The van der Waals surface area contributed by atoms with Gasteiger partial charge in [-0.05, 0) is 37.0 Å². The largest absolute Gasteiger partial charge is 0.394 e. The van der Waals surface area contributed by atoms with Gasteiger partial charge in [0.25, 0.3) is 0 Å². The van der Waals surface area contributed by atoms with Crippen molar-refractivity contribution in [1.29, 1.82) is 0 Å². The Kier molecular flexibility index (Phi) is 4.83. The molecule has 1 heterocycles. The van der Waals surface area contributed by atoms with Crippen LogP contribution in [0.1, 0.15) is 19.8 Å². The van der Waals surface area contributed by atoms with Crippen LogP contribution in [0.15, 0.2) is 18.2 Å². The number of hydrogen-bond acceptors (Lipinski definition) is 2. The highest BCUT2D eigenvalue weighted by Gasteiger charge is 2.31. The van der Waals surface area contributed by atoms with Crippen LogP contribution in [0.25, 0.3) is 0 Å². The first-order valence-corrected chi connectivity index (χ1v) is 7.04. The highest BCUT2D eigenvalue weighted by atomic mass is 35.5. The molecule has 0 radical (unpaired) electrons. The SMILES string of the molecule is CC1CCCN(C(=O)Nc2ccc(Cl)c(F)c2)C1CO. The van der Waals surface area contributed by atoms with Crippen molar-refractivity contribution in [3.63, 3.8) is 0 Å². The molecule has 0 spiro atoms. The van der Waals surface area contributed by atoms with Gasteiger partial charge in [-0.2, -0.15) is 0 Å². The molecule has 2 amide bonds. The van der Waals surface area contributed by atoms with Gasteiger partial charge < -0.3 is 15.3 Å². The summed E-state index contributed by atoms with van der Waals surface area (Å²) in [5.74, 6) is -0.323. The number of carbonyl (C=O) groups is 1. The van der Waals surface area contributed by atoms with E-state index < -0.39 is 5.82 Å². The maximum atomic E-state index is 13.3. The molecule has 4 nitrogen and oxygen atoms in total. The van der Waals surface area contributed by atoms with Crippen molar-refractivity contribution in [3.05, 3.63) is 29.0 Å². The number of aliphatic hydroxyl groups excluding tert-OH is 1. The van der Waals surface area contributed by atoms with Gasteiger partial charge in [-0.15, -0.1) is 0 Å². The summed E-state index contributed by atoms with van der Waals surface area (Å²) >= 11 is 5.60. The molecule has 2 N–H and O–H groups in total. The highest BCUT2D eigenvalue weighted by molar-refractivity contribution is 6.30. The number of nitrogens with zero attached hydrogens (tertiary/aromatic N) is 1. The van der Waals surface area contributed by atoms with E-state index in [0.29, 0.717) is 12.2 Å². The van der Waals surface area contributed by atoms with Crippen molar-refractivity contribution in [2.75, 3.05) is 18.5 Å². The summed E-state index contributed by atoms with van der Waals surface area (Å²) in [6, 6.07) is 3.61. The Morgan fingerprint density at radius 3 is 3.00 bits per heavy atom. The number of nitrogens with one attached hydrogen (secondary N) is 1. The third-order valence-corrected chi connectivity index (χ3v) is 4.04. The van der Waals surface area contributed by atoms with E-state index in [2.05, 4.69) is 5.32 Å². The Labute approximate surface area is 122 Å². The minimum absolute atomic E-state index is 0.0165. The predicted molar refractivity (Wildman–Crippen MR) is 76.4 cm³/mol. The molecular formula is C14H18ClFN2O2. The number of likely N-dealkylation sites (tertiary alicyclic amines) is 1. The van der Waals surface area contributed by atoms with E-state index in [1.54, 1.807) is 11.0 Å². The van der Waals surface area contributed by atoms with Gasteiger partial charge in [0.2, 0.25) is 0 Å². The predicted octanol–water partition coefficient (Wildman–Crippen LogP) is 3.10. The lowest BCUT2D eigenvalue weighted by Gasteiger charge is -2.38. The molecule has 6 heteroatoms. The number of rotatable bonds is 2. The molecule has 0 aliphatic carbocycles. The van der Waals surface area contributed by atoms with Gasteiger partial charge >= 0.3 is 6.03 Å². The number of hydrogen-bond donors (Lipinski definition) is 2. The van der Waals surface area contributed by atoms with Crippen molar-refractivity contribution in [3.8, 4) is 0 Å². The van der Waals surface area contributed by atoms with Crippen LogP contribution in [0.5, 0.6) is 0 Å². The van der Waals surface area contributed by atoms with Crippen LogP contribution in [-0.4, -0.2) is 35.2 Å². The zero-order valence-electron chi connectivity index (χ0n) is 11.3. The molecule has 2 unspecified atom stereocenters. The highest BCUT2D eigenvalue weighted by Crippen LogP contribution is 2.24. The first-order valence-electron chi connectivity index (χ1n) is 6.66. The topological polar surface area (TPSA) is 52.6 Å². The molecule has 1 aromatic rings. The fourth-order valence-electron chi connectivity index (χ4n) is 2.55. The Morgan fingerprint density at radius 1 is 1.60 bits per heavy atom. The summed E-state index contributed by atoms with van der Waals surface area (Å²) in [4.78, 5) is 13.8. The molecular weight excluding hydrogens is 283 g/mol. The van der Waals surface area contributed by atoms with Crippen molar-refractivity contribution in [2.24, 2.45) is 5.92 Å². The number of carbonyl (C=O) groups excluding carboxylic acids is 1. The molecule has 20 heavy (non-hydrogen) atoms. The molecule has 0 aromatic heterocycles. The Bertz CT molecular complexity index is 498. The van der Waals surface area contributed by atoms with Crippen LogP contribution in [-0.2, 0) is 0 Å². The van der Waals surface area contributed by atoms with Crippen LogP contribution in [0.4, 0.5) is 14.9 Å². The second-order valence-electron chi connectivity index (χ2n) is 5.12. The van der Waals surface area contributed by atoms with Gasteiger partial charge in [0.05, 0.1) is 17.7 Å². The van der Waals surface area contributed by atoms with E-state index in [1.807, 2.05) is 6.92 Å². The molecule has 2 rings (SSSR count). The van der Waals surface area contributed by atoms with E-state index in [-0.39, 0.29) is 29.6 Å². The lowest BCUT2D eigenvalue weighted by atomic mass is 9.91. The van der Waals surface area contributed by atoms with Gasteiger partial charge in [0.1, 0.15) is 5.82 Å². The standard InChI is InChI=1S/C14H18ClFN2O2/c1-9-3-2-6-18(13(9)8-19)14(20)17-10-4-5-11(15)12(16)7-10/h4-5,7,9,13,19H,2-3,6,8H2,1H3,(H,17,20). The number of urea groups is 1. The monoisotopic (exact) mass is 300 g/mol. The maximum Gasteiger partial charge on any atom is 0.322 e. The summed E-state index contributed by atoms with van der Waals surface area (Å²) in [7, 11) is 0. The van der Waals surface area contributed by atoms with Crippen molar-refractivity contribution in [1.82, 2.24) is 4.90 Å². The molecule has 1 saturated heterocycles. The molecule has 0 saturated carbocycles. The number of piperidine rings is 1. The summed E-state index contributed by atoms with van der Waals surface area (Å²) < 4.78 is 13.3. The Morgan fingerprint density at radius 2 is 2.35 bits per heavy atom. The smallest absolute Gasteiger partial charge is 0.322 e. The number of halogens is 2. The van der Waals surface area contributed by atoms with Gasteiger partial charge in [0, 0.05) is 12.2 Å². The molecule has 0 bridgehead atoms. The number of aliphatic hydroxyl groups is 1. The van der Waals surface area contributed by atoms with Gasteiger partial charge in [-0.1, -0.05) is 18.5 Å². The average molecular weight is 301 g/mol. The molecule has 1 aliphatic rings. The van der Waals surface area contributed by atoms with Crippen LogP contribution in [0.2, 0.25) is 5.02 Å². The minimum atomic E-state index is -0.574. The van der Waals surface area contributed by atoms with E-state index in [1.165, 1.54) is 12.1 Å². The van der Waals surface area contributed by atoms with E-state index in [9.17, 15) is 14.3 Å². The number of amides is 2. The van der Waals surface area contributed by atoms with Crippen LogP contribution < -0.4 is 5.32 Å². The number of benzene rings is 1. The summed E-state index contributed by atoms with van der Waals surface area (Å²) in [5, 5.41) is 12.1. The average Bonchev–Trinajstić information content (AvgIpc) is 2.42. The summed E-state index contributed by atoms with van der Waals surface area (Å²) in [6.07, 6.45) is 1.89. The second kappa shape index (κ2) is 6.41. The zero-order chi connectivity index (χ0) is 14.7. The molecule has 1 aromatic carbocycles. The molecule has 1 aliphatic heterocycles. The maximum absolute atomic E-state index is 13.3. The first-order chi connectivity index (χ1) is 9.52. The third kappa shape index (κ3) is 3.22. The van der Waals surface area contributed by atoms with Crippen molar-refractivity contribution in [2.45, 2.75) is 25.8 Å². The van der Waals surface area contributed by atoms with Gasteiger partial charge in [0.15, 0.2) is 0 Å². The zero-order valence-corrected chi connectivity index (χ0v) is 12.0. The third-order valence-electron chi connectivity index (χ3n) is 3.73. The van der Waals surface area contributed by atoms with E-state index >= 15 is 0 Å². The summed E-state index contributed by atoms with van der Waals surface area (Å²) in [6.45, 7) is 2.54. The van der Waals surface area contributed by atoms with Crippen LogP contribution >= 0.6 is 11.6 Å². The van der Waals surface area contributed by atoms with Crippen molar-refractivity contribution >= 4 is 23.3 Å². The Hall–Kier alpha value is -1.33. The summed E-state index contributed by atoms with van der Waals surface area (Å²) in [5.41, 5.74) is 0.354. The Balaban J connectivity index is 2.08. The molecule has 2 atom stereocenters. The van der Waals surface area contributed by atoms with E-state index in [0.717, 1.165) is 12.8 Å². The molecule has 110 valence electrons. The normalized spacial score (nSPS) is 22.7. The fourth-order valence-corrected chi connectivity index (χ4v) is 2.67. The van der Waals surface area contributed by atoms with Crippen LogP contribution in [0, 0.1) is 11.7 Å². The quantitative estimate of drug-likeness (QED) is 0.882. The minimum Gasteiger partial charge on any atom is -0.394 e. The van der Waals surface area contributed by atoms with Crippen molar-refractivity contribution < 1.29 is 14.3 Å². The fraction of sp³-hybridized carbons (Fsp3) is 0.500. The second-order valence-corrected chi connectivity index (χ2v) is 5.53. The van der Waals surface area contributed by atoms with Crippen LogP contribution in [0.3, 0.4) is 0 Å². The van der Waals surface area contributed by atoms with Gasteiger partial charge in [-0.3, -0.25) is 0 Å².